The number of thiazole rings is 1. The summed E-state index contributed by atoms with van der Waals surface area (Å²) in [6.07, 6.45) is 1.52. The molecule has 8 nitrogen and oxygen atoms in total. The van der Waals surface area contributed by atoms with Gasteiger partial charge in [-0.2, -0.15) is 10.2 Å². The molecule has 0 bridgehead atoms. The molecular weight excluding hydrogens is 458 g/mol. The summed E-state index contributed by atoms with van der Waals surface area (Å²) in [5, 5.41) is 12.0. The van der Waals surface area contributed by atoms with Crippen LogP contribution in [0.3, 0.4) is 0 Å². The van der Waals surface area contributed by atoms with Crippen molar-refractivity contribution in [2.75, 3.05) is 31.1 Å². The molecule has 0 radical (unpaired) electrons. The molecule has 0 N–H and O–H groups in total. The number of halogens is 1. The smallest absolute Gasteiger partial charge is 0.273 e. The standard InChI is InChI=1S/C20H14ClN5O3S2/c21-16-4-3-15(31-16)18-24-13(11-30-18)19(27)25-5-7-26(8-6-25)20-12(10-22)23-17(29-20)14-2-1-9-28-14/h1-4,9,11H,5-8H2. The molecule has 0 aromatic carbocycles. The molecule has 11 heteroatoms. The minimum Gasteiger partial charge on any atom is -0.459 e. The lowest BCUT2D eigenvalue weighted by atomic mass is 10.3. The number of hydrogen-bond donors (Lipinski definition) is 0. The number of nitrogens with zero attached hydrogens (tertiary/aromatic N) is 5. The zero-order valence-electron chi connectivity index (χ0n) is 15.9. The van der Waals surface area contributed by atoms with Gasteiger partial charge in [-0.3, -0.25) is 4.79 Å². The van der Waals surface area contributed by atoms with Crippen molar-refractivity contribution in [1.82, 2.24) is 14.9 Å². The Hall–Kier alpha value is -3.13. The van der Waals surface area contributed by atoms with Gasteiger partial charge in [0.2, 0.25) is 11.6 Å². The van der Waals surface area contributed by atoms with Crippen LogP contribution in [0, 0.1) is 11.3 Å². The van der Waals surface area contributed by atoms with E-state index in [-0.39, 0.29) is 17.5 Å². The molecule has 0 saturated carbocycles. The van der Waals surface area contributed by atoms with E-state index in [0.29, 0.717) is 47.9 Å². The Labute approximate surface area is 189 Å². The van der Waals surface area contributed by atoms with Gasteiger partial charge in [-0.05, 0) is 24.3 Å². The SMILES string of the molecule is N#Cc1nc(-c2ccco2)oc1N1CCN(C(=O)c2csc(-c3ccc(Cl)s3)n2)CC1. The van der Waals surface area contributed by atoms with Gasteiger partial charge in [0.25, 0.3) is 11.8 Å². The highest BCUT2D eigenvalue weighted by molar-refractivity contribution is 7.23. The van der Waals surface area contributed by atoms with Crippen LogP contribution in [-0.2, 0) is 0 Å². The van der Waals surface area contributed by atoms with Crippen LogP contribution in [0.4, 0.5) is 5.88 Å². The van der Waals surface area contributed by atoms with Gasteiger partial charge in [0.15, 0.2) is 5.76 Å². The van der Waals surface area contributed by atoms with Crippen molar-refractivity contribution in [3.05, 3.63) is 51.6 Å². The molecule has 4 aromatic heterocycles. The van der Waals surface area contributed by atoms with Crippen molar-refractivity contribution in [2.45, 2.75) is 0 Å². The minimum atomic E-state index is -0.112. The number of amides is 1. The third-order valence-electron chi connectivity index (χ3n) is 4.81. The molecule has 1 amide bonds. The van der Waals surface area contributed by atoms with Gasteiger partial charge >= 0.3 is 0 Å². The van der Waals surface area contributed by atoms with Crippen molar-refractivity contribution in [3.63, 3.8) is 0 Å². The fourth-order valence-electron chi connectivity index (χ4n) is 3.29. The van der Waals surface area contributed by atoms with Crippen LogP contribution in [0.2, 0.25) is 4.34 Å². The van der Waals surface area contributed by atoms with E-state index in [9.17, 15) is 10.1 Å². The Morgan fingerprint density at radius 3 is 2.71 bits per heavy atom. The van der Waals surface area contributed by atoms with Crippen LogP contribution in [0.1, 0.15) is 16.2 Å². The zero-order chi connectivity index (χ0) is 21.4. The first kappa shape index (κ1) is 19.8. The van der Waals surface area contributed by atoms with Gasteiger partial charge in [-0.15, -0.1) is 22.7 Å². The molecule has 1 aliphatic rings. The number of aromatic nitrogens is 2. The molecule has 0 atom stereocenters. The number of oxazole rings is 1. The Morgan fingerprint density at radius 2 is 2.03 bits per heavy atom. The number of thiophene rings is 1. The summed E-state index contributed by atoms with van der Waals surface area (Å²) >= 11 is 8.86. The molecular formula is C20H14ClN5O3S2. The summed E-state index contributed by atoms with van der Waals surface area (Å²) in [4.78, 5) is 26.2. The van der Waals surface area contributed by atoms with E-state index in [1.165, 1.54) is 28.9 Å². The molecule has 1 aliphatic heterocycles. The highest BCUT2D eigenvalue weighted by Gasteiger charge is 2.28. The minimum absolute atomic E-state index is 0.112. The summed E-state index contributed by atoms with van der Waals surface area (Å²) in [6, 6.07) is 9.24. The van der Waals surface area contributed by atoms with Gasteiger partial charge < -0.3 is 18.6 Å². The number of anilines is 1. The Morgan fingerprint density at radius 1 is 1.19 bits per heavy atom. The van der Waals surface area contributed by atoms with Gasteiger partial charge in [-0.1, -0.05) is 11.6 Å². The van der Waals surface area contributed by atoms with E-state index in [2.05, 4.69) is 16.0 Å². The van der Waals surface area contributed by atoms with Crippen LogP contribution in [0.15, 0.2) is 44.7 Å². The third kappa shape index (κ3) is 3.83. The molecule has 1 fully saturated rings. The monoisotopic (exact) mass is 471 g/mol. The average molecular weight is 472 g/mol. The molecule has 1 saturated heterocycles. The van der Waals surface area contributed by atoms with Gasteiger partial charge in [0.1, 0.15) is 16.8 Å². The first-order valence-corrected chi connectivity index (χ1v) is 11.4. The second-order valence-electron chi connectivity index (χ2n) is 6.68. The lowest BCUT2D eigenvalue weighted by Gasteiger charge is -2.34. The predicted octanol–water partition coefficient (Wildman–Crippen LogP) is 4.61. The quantitative estimate of drug-likeness (QED) is 0.428. The van der Waals surface area contributed by atoms with Crippen LogP contribution in [-0.4, -0.2) is 47.0 Å². The van der Waals surface area contributed by atoms with Crippen molar-refractivity contribution in [3.8, 4) is 27.6 Å². The molecule has 156 valence electrons. The van der Waals surface area contributed by atoms with Crippen LogP contribution in [0.5, 0.6) is 0 Å². The van der Waals surface area contributed by atoms with Crippen LogP contribution in [0.25, 0.3) is 21.5 Å². The van der Waals surface area contributed by atoms with Gasteiger partial charge in [0.05, 0.1) is 15.5 Å². The zero-order valence-corrected chi connectivity index (χ0v) is 18.3. The number of hydrogen-bond acceptors (Lipinski definition) is 9. The first-order chi connectivity index (χ1) is 15.1. The Bertz CT molecular complexity index is 1260. The summed E-state index contributed by atoms with van der Waals surface area (Å²) in [5.41, 5.74) is 0.625. The van der Waals surface area contributed by atoms with E-state index in [0.717, 1.165) is 9.88 Å². The largest absolute Gasteiger partial charge is 0.459 e. The number of rotatable bonds is 4. The lowest BCUT2D eigenvalue weighted by Crippen LogP contribution is -2.49. The number of carbonyl (C=O) groups excluding carboxylic acids is 1. The fraction of sp³-hybridized carbons (Fsp3) is 0.200. The van der Waals surface area contributed by atoms with E-state index >= 15 is 0 Å². The van der Waals surface area contributed by atoms with Gasteiger partial charge in [-0.25, -0.2) is 4.98 Å². The Balaban J connectivity index is 1.27. The molecule has 4 aromatic rings. The first-order valence-electron chi connectivity index (χ1n) is 9.32. The van der Waals surface area contributed by atoms with E-state index < -0.39 is 0 Å². The summed E-state index contributed by atoms with van der Waals surface area (Å²) in [7, 11) is 0. The number of nitriles is 1. The van der Waals surface area contributed by atoms with Crippen LogP contribution >= 0.6 is 34.3 Å². The van der Waals surface area contributed by atoms with E-state index in [1.807, 2.05) is 17.0 Å². The van der Waals surface area contributed by atoms with E-state index in [1.54, 1.807) is 22.4 Å². The maximum Gasteiger partial charge on any atom is 0.273 e. The predicted molar refractivity (Wildman–Crippen MR) is 117 cm³/mol. The van der Waals surface area contributed by atoms with Crippen molar-refractivity contribution >= 4 is 46.1 Å². The maximum absolute atomic E-state index is 12.9. The van der Waals surface area contributed by atoms with Gasteiger partial charge in [0, 0.05) is 31.6 Å². The summed E-state index contributed by atoms with van der Waals surface area (Å²) in [5.74, 6) is 1.01. The highest BCUT2D eigenvalue weighted by Crippen LogP contribution is 2.33. The van der Waals surface area contributed by atoms with Crippen molar-refractivity contribution in [1.29, 1.82) is 5.26 Å². The molecule has 0 aliphatic carbocycles. The summed E-state index contributed by atoms with van der Waals surface area (Å²) in [6.45, 7) is 2.01. The lowest BCUT2D eigenvalue weighted by molar-refractivity contribution is 0.0740. The number of piperazine rings is 1. The third-order valence-corrected chi connectivity index (χ3v) is 7.05. The molecule has 0 spiro atoms. The second-order valence-corrected chi connectivity index (χ2v) is 9.26. The highest BCUT2D eigenvalue weighted by atomic mass is 35.5. The second kappa shape index (κ2) is 8.19. The van der Waals surface area contributed by atoms with Crippen molar-refractivity contribution < 1.29 is 13.6 Å². The van der Waals surface area contributed by atoms with Crippen molar-refractivity contribution in [2.24, 2.45) is 0 Å². The topological polar surface area (TPSA) is 99.4 Å². The molecule has 5 heterocycles. The fourth-order valence-corrected chi connectivity index (χ4v) is 5.20. The Kier molecular flexibility index (Phi) is 5.23. The maximum atomic E-state index is 12.9. The molecule has 0 unspecified atom stereocenters. The molecule has 31 heavy (non-hydrogen) atoms. The number of furan rings is 1. The average Bonchev–Trinajstić information content (AvgIpc) is 3.59. The number of carbonyl (C=O) groups is 1. The normalized spacial score (nSPS) is 14.1. The van der Waals surface area contributed by atoms with E-state index in [4.69, 9.17) is 20.4 Å². The summed E-state index contributed by atoms with van der Waals surface area (Å²) < 4.78 is 11.8. The van der Waals surface area contributed by atoms with Crippen LogP contribution < -0.4 is 4.90 Å². The molecule has 5 rings (SSSR count).